The first-order valence-electron chi connectivity index (χ1n) is 3.58. The first kappa shape index (κ1) is 7.03. The van der Waals surface area contributed by atoms with Crippen molar-refractivity contribution in [2.24, 2.45) is 0 Å². The van der Waals surface area contributed by atoms with E-state index < -0.39 is 0 Å². The van der Waals surface area contributed by atoms with Gasteiger partial charge < -0.3 is 4.98 Å². The normalized spacial score (nSPS) is 10.4. The van der Waals surface area contributed by atoms with Crippen molar-refractivity contribution >= 4 is 10.9 Å². The number of hydrogen-bond acceptors (Lipinski definition) is 2. The van der Waals surface area contributed by atoms with Crippen molar-refractivity contribution in [3.8, 4) is 0 Å². The molecule has 0 unspecified atom stereocenters. The molecular weight excluding hydrogens is 152 g/mol. The number of nitrogens with one attached hydrogen (secondary N) is 1. The SMILES string of the molecule is [CH2]c1nc(=O)[nH]c2ccccc12. The van der Waals surface area contributed by atoms with E-state index in [1.807, 2.05) is 24.3 Å². The number of rotatable bonds is 0. The number of aromatic amines is 1. The van der Waals surface area contributed by atoms with E-state index in [0.717, 1.165) is 10.9 Å². The van der Waals surface area contributed by atoms with Crippen LogP contribution in [0, 0.1) is 6.92 Å². The van der Waals surface area contributed by atoms with Gasteiger partial charge in [-0.15, -0.1) is 0 Å². The molecule has 3 heteroatoms. The highest BCUT2D eigenvalue weighted by atomic mass is 16.1. The van der Waals surface area contributed by atoms with Crippen LogP contribution in [0.15, 0.2) is 29.1 Å². The molecule has 2 rings (SSSR count). The minimum absolute atomic E-state index is 0.348. The van der Waals surface area contributed by atoms with Gasteiger partial charge in [0.1, 0.15) is 0 Å². The van der Waals surface area contributed by atoms with Gasteiger partial charge in [-0.05, 0) is 13.0 Å². The second-order valence-corrected chi connectivity index (χ2v) is 2.53. The maximum absolute atomic E-state index is 10.9. The first-order chi connectivity index (χ1) is 5.77. The Labute approximate surface area is 69.1 Å². The van der Waals surface area contributed by atoms with Gasteiger partial charge in [-0.1, -0.05) is 18.2 Å². The molecule has 0 aliphatic rings. The minimum atomic E-state index is -0.348. The maximum atomic E-state index is 10.9. The number of fused-ring (bicyclic) bond motifs is 1. The van der Waals surface area contributed by atoms with Crippen molar-refractivity contribution in [1.29, 1.82) is 0 Å². The van der Waals surface area contributed by atoms with E-state index >= 15 is 0 Å². The molecule has 12 heavy (non-hydrogen) atoms. The molecule has 0 atom stereocenters. The van der Waals surface area contributed by atoms with Crippen molar-refractivity contribution in [3.05, 3.63) is 47.4 Å². The Morgan fingerprint density at radius 1 is 1.33 bits per heavy atom. The molecule has 1 aromatic heterocycles. The third-order valence-electron chi connectivity index (χ3n) is 1.72. The van der Waals surface area contributed by atoms with Crippen molar-refractivity contribution < 1.29 is 0 Å². The second kappa shape index (κ2) is 2.44. The Morgan fingerprint density at radius 2 is 2.08 bits per heavy atom. The van der Waals surface area contributed by atoms with Crippen molar-refractivity contribution in [2.45, 2.75) is 0 Å². The lowest BCUT2D eigenvalue weighted by molar-refractivity contribution is 1.10. The van der Waals surface area contributed by atoms with Gasteiger partial charge in [-0.2, -0.15) is 4.98 Å². The minimum Gasteiger partial charge on any atom is -0.305 e. The van der Waals surface area contributed by atoms with Gasteiger partial charge in [0.25, 0.3) is 0 Å². The van der Waals surface area contributed by atoms with E-state index in [1.165, 1.54) is 0 Å². The van der Waals surface area contributed by atoms with E-state index in [1.54, 1.807) is 0 Å². The van der Waals surface area contributed by atoms with Crippen LogP contribution >= 0.6 is 0 Å². The Balaban J connectivity index is 2.99. The summed E-state index contributed by atoms with van der Waals surface area (Å²) in [5.74, 6) is 0. The number of H-pyrrole nitrogens is 1. The van der Waals surface area contributed by atoms with Gasteiger partial charge in [0, 0.05) is 5.39 Å². The second-order valence-electron chi connectivity index (χ2n) is 2.53. The molecule has 0 amide bonds. The highest BCUT2D eigenvalue weighted by molar-refractivity contribution is 5.80. The van der Waals surface area contributed by atoms with Crippen LogP contribution in [0.3, 0.4) is 0 Å². The first-order valence-corrected chi connectivity index (χ1v) is 3.58. The summed E-state index contributed by atoms with van der Waals surface area (Å²) in [4.78, 5) is 17.2. The molecule has 0 bridgehead atoms. The molecule has 59 valence electrons. The van der Waals surface area contributed by atoms with E-state index in [9.17, 15) is 4.79 Å². The zero-order chi connectivity index (χ0) is 8.55. The van der Waals surface area contributed by atoms with E-state index in [0.29, 0.717) is 5.69 Å². The summed E-state index contributed by atoms with van der Waals surface area (Å²) in [6.07, 6.45) is 0. The predicted octanol–water partition coefficient (Wildman–Crippen LogP) is 1.11. The fourth-order valence-electron chi connectivity index (χ4n) is 1.17. The summed E-state index contributed by atoms with van der Waals surface area (Å²) in [7, 11) is 0. The van der Waals surface area contributed by atoms with Crippen molar-refractivity contribution in [2.75, 3.05) is 0 Å². The Morgan fingerprint density at radius 3 is 2.92 bits per heavy atom. The van der Waals surface area contributed by atoms with E-state index in [2.05, 4.69) is 16.9 Å². The predicted molar refractivity (Wildman–Crippen MR) is 46.8 cm³/mol. The summed E-state index contributed by atoms with van der Waals surface area (Å²) in [5, 5.41) is 0.886. The number of para-hydroxylation sites is 1. The third kappa shape index (κ3) is 0.993. The smallest absolute Gasteiger partial charge is 0.305 e. The molecule has 1 aromatic carbocycles. The largest absolute Gasteiger partial charge is 0.345 e. The third-order valence-corrected chi connectivity index (χ3v) is 1.72. The summed E-state index contributed by atoms with van der Waals surface area (Å²) in [6, 6.07) is 7.45. The van der Waals surface area contributed by atoms with Crippen LogP contribution in [0.5, 0.6) is 0 Å². The maximum Gasteiger partial charge on any atom is 0.345 e. The lowest BCUT2D eigenvalue weighted by Gasteiger charge is -1.97. The molecule has 2 aromatic rings. The lowest BCUT2D eigenvalue weighted by Crippen LogP contribution is -2.11. The highest BCUT2D eigenvalue weighted by Crippen LogP contribution is 2.10. The van der Waals surface area contributed by atoms with Gasteiger partial charge in [0.05, 0.1) is 11.2 Å². The molecule has 1 heterocycles. The van der Waals surface area contributed by atoms with Crippen LogP contribution in [-0.4, -0.2) is 9.97 Å². The van der Waals surface area contributed by atoms with Crippen molar-refractivity contribution in [1.82, 2.24) is 9.97 Å². The summed E-state index contributed by atoms with van der Waals surface area (Å²) in [6.45, 7) is 3.68. The molecule has 1 radical (unpaired) electrons. The van der Waals surface area contributed by atoms with Gasteiger partial charge >= 0.3 is 5.69 Å². The Hall–Kier alpha value is -1.64. The molecule has 0 fully saturated rings. The number of benzene rings is 1. The average molecular weight is 159 g/mol. The van der Waals surface area contributed by atoms with Crippen LogP contribution in [-0.2, 0) is 0 Å². The van der Waals surface area contributed by atoms with Crippen LogP contribution in [0.25, 0.3) is 10.9 Å². The van der Waals surface area contributed by atoms with Crippen LogP contribution in [0.4, 0.5) is 0 Å². The molecule has 0 aliphatic carbocycles. The van der Waals surface area contributed by atoms with Crippen LogP contribution < -0.4 is 5.69 Å². The Kier molecular flexibility index (Phi) is 1.43. The Bertz CT molecular complexity index is 473. The standard InChI is InChI=1S/C9H7N2O/c1-6-7-4-2-3-5-8(7)11-9(12)10-6/h2-5H,1H2,(H,10,11,12). The monoisotopic (exact) mass is 159 g/mol. The molecule has 0 saturated carbocycles. The van der Waals surface area contributed by atoms with Crippen molar-refractivity contribution in [3.63, 3.8) is 0 Å². The molecule has 1 N–H and O–H groups in total. The zero-order valence-corrected chi connectivity index (χ0v) is 6.37. The fraction of sp³-hybridized carbons (Fsp3) is 0. The summed E-state index contributed by atoms with van der Waals surface area (Å²) in [5.41, 5.74) is 0.954. The topological polar surface area (TPSA) is 45.8 Å². The van der Waals surface area contributed by atoms with E-state index in [4.69, 9.17) is 0 Å². The van der Waals surface area contributed by atoms with E-state index in [-0.39, 0.29) is 5.69 Å². The molecular formula is C9H7N2O. The molecule has 0 aliphatic heterocycles. The lowest BCUT2D eigenvalue weighted by atomic mass is 10.2. The van der Waals surface area contributed by atoms with Gasteiger partial charge in [-0.25, -0.2) is 4.79 Å². The molecule has 0 spiro atoms. The summed E-state index contributed by atoms with van der Waals surface area (Å²) >= 11 is 0. The van der Waals surface area contributed by atoms with Gasteiger partial charge in [-0.3, -0.25) is 0 Å². The number of nitrogens with zero attached hydrogens (tertiary/aromatic N) is 1. The fourth-order valence-corrected chi connectivity index (χ4v) is 1.17. The summed E-state index contributed by atoms with van der Waals surface area (Å²) < 4.78 is 0. The quantitative estimate of drug-likeness (QED) is 0.625. The van der Waals surface area contributed by atoms with Crippen LogP contribution in [0.1, 0.15) is 5.69 Å². The van der Waals surface area contributed by atoms with Gasteiger partial charge in [0.15, 0.2) is 0 Å². The molecule has 3 nitrogen and oxygen atoms in total. The van der Waals surface area contributed by atoms with Crippen LogP contribution in [0.2, 0.25) is 0 Å². The highest BCUT2D eigenvalue weighted by Gasteiger charge is 1.97. The average Bonchev–Trinajstić information content (AvgIpc) is 2.04. The number of aromatic nitrogens is 2. The van der Waals surface area contributed by atoms with Gasteiger partial charge in [0.2, 0.25) is 0 Å². The number of hydrogen-bond donors (Lipinski definition) is 1. The zero-order valence-electron chi connectivity index (χ0n) is 6.37. The molecule has 0 saturated heterocycles.